The van der Waals surface area contributed by atoms with Crippen molar-refractivity contribution in [1.29, 1.82) is 0 Å². The maximum atomic E-state index is 11.5. The van der Waals surface area contributed by atoms with E-state index in [1.165, 1.54) is 7.05 Å². The van der Waals surface area contributed by atoms with Gasteiger partial charge in [0.25, 0.3) is 5.91 Å². The molecule has 82 valence electrons. The molecule has 1 amide bonds. The fraction of sp³-hybridized carbons (Fsp3) is 0.0909. The van der Waals surface area contributed by atoms with E-state index in [4.69, 9.17) is 5.21 Å². The number of carbonyl (C=O) groups excluding carboxylic acids is 1. The number of aromatic nitrogens is 2. The summed E-state index contributed by atoms with van der Waals surface area (Å²) in [5, 5.41) is 9.62. The molecule has 0 aliphatic heterocycles. The predicted molar refractivity (Wildman–Crippen MR) is 57.4 cm³/mol. The Bertz CT molecular complexity index is 492. The molecule has 0 atom stereocenters. The fourth-order valence-electron chi connectivity index (χ4n) is 1.40. The summed E-state index contributed by atoms with van der Waals surface area (Å²) >= 11 is 0. The topological polar surface area (TPSA) is 58.4 Å². The van der Waals surface area contributed by atoms with Crippen molar-refractivity contribution in [3.63, 3.8) is 0 Å². The van der Waals surface area contributed by atoms with Gasteiger partial charge in [0.05, 0.1) is 6.33 Å². The van der Waals surface area contributed by atoms with Gasteiger partial charge in [0, 0.05) is 30.7 Å². The molecule has 0 fully saturated rings. The molecule has 0 saturated heterocycles. The molecule has 5 nitrogen and oxygen atoms in total. The van der Waals surface area contributed by atoms with Gasteiger partial charge < -0.3 is 4.57 Å². The van der Waals surface area contributed by atoms with Gasteiger partial charge in [-0.1, -0.05) is 6.07 Å². The molecule has 2 rings (SSSR count). The number of hydrogen-bond acceptors (Lipinski definition) is 3. The van der Waals surface area contributed by atoms with Crippen molar-refractivity contribution in [2.75, 3.05) is 7.05 Å². The van der Waals surface area contributed by atoms with Gasteiger partial charge in [-0.3, -0.25) is 10.0 Å². The Morgan fingerprint density at radius 1 is 1.50 bits per heavy atom. The van der Waals surface area contributed by atoms with E-state index in [1.54, 1.807) is 41.5 Å². The summed E-state index contributed by atoms with van der Waals surface area (Å²) < 4.78 is 1.79. The lowest BCUT2D eigenvalue weighted by Crippen LogP contribution is -2.22. The minimum atomic E-state index is -0.443. The number of benzene rings is 1. The first-order valence-corrected chi connectivity index (χ1v) is 4.74. The number of hydroxylamine groups is 2. The molecule has 1 N–H and O–H groups in total. The van der Waals surface area contributed by atoms with Crippen LogP contribution >= 0.6 is 0 Å². The molecule has 0 spiro atoms. The summed E-state index contributed by atoms with van der Waals surface area (Å²) in [5.41, 5.74) is 1.25. The van der Waals surface area contributed by atoms with Crippen LogP contribution in [-0.2, 0) is 0 Å². The average Bonchev–Trinajstić information content (AvgIpc) is 2.81. The fourth-order valence-corrected chi connectivity index (χ4v) is 1.40. The summed E-state index contributed by atoms with van der Waals surface area (Å²) in [6.07, 6.45) is 5.09. The second kappa shape index (κ2) is 4.16. The average molecular weight is 217 g/mol. The summed E-state index contributed by atoms with van der Waals surface area (Å²) in [6.45, 7) is 0. The van der Waals surface area contributed by atoms with Crippen molar-refractivity contribution in [3.05, 3.63) is 48.5 Å². The monoisotopic (exact) mass is 217 g/mol. The maximum Gasteiger partial charge on any atom is 0.277 e. The normalized spacial score (nSPS) is 10.1. The largest absolute Gasteiger partial charge is 0.306 e. The van der Waals surface area contributed by atoms with Crippen molar-refractivity contribution in [3.8, 4) is 5.69 Å². The van der Waals surface area contributed by atoms with Crippen LogP contribution in [-0.4, -0.2) is 32.8 Å². The van der Waals surface area contributed by atoms with E-state index in [1.807, 2.05) is 6.07 Å². The van der Waals surface area contributed by atoms with Crippen LogP contribution in [0.15, 0.2) is 43.0 Å². The minimum absolute atomic E-state index is 0.427. The molecular weight excluding hydrogens is 206 g/mol. The van der Waals surface area contributed by atoms with Crippen LogP contribution in [0.1, 0.15) is 10.4 Å². The first-order chi connectivity index (χ1) is 7.68. The molecule has 1 aromatic heterocycles. The molecule has 5 heteroatoms. The highest BCUT2D eigenvalue weighted by Gasteiger charge is 2.09. The van der Waals surface area contributed by atoms with Gasteiger partial charge in [-0.25, -0.2) is 10.0 Å². The lowest BCUT2D eigenvalue weighted by Gasteiger charge is -2.09. The Morgan fingerprint density at radius 3 is 2.94 bits per heavy atom. The Labute approximate surface area is 92.5 Å². The lowest BCUT2D eigenvalue weighted by atomic mass is 10.2. The smallest absolute Gasteiger partial charge is 0.277 e. The standard InChI is InChI=1S/C11H11N3O2/c1-13(16)11(15)9-3-2-4-10(7-9)14-6-5-12-8-14/h2-8,16H,1H3. The number of amides is 1. The van der Waals surface area contributed by atoms with Crippen LogP contribution in [0.5, 0.6) is 0 Å². The zero-order chi connectivity index (χ0) is 11.5. The Morgan fingerprint density at radius 2 is 2.31 bits per heavy atom. The zero-order valence-corrected chi connectivity index (χ0v) is 8.74. The first-order valence-electron chi connectivity index (χ1n) is 4.74. The van der Waals surface area contributed by atoms with Gasteiger partial charge in [-0.05, 0) is 18.2 Å². The van der Waals surface area contributed by atoms with Crippen molar-refractivity contribution in [1.82, 2.24) is 14.6 Å². The van der Waals surface area contributed by atoms with E-state index in [2.05, 4.69) is 4.98 Å². The van der Waals surface area contributed by atoms with E-state index in [0.717, 1.165) is 5.69 Å². The second-order valence-corrected chi connectivity index (χ2v) is 3.35. The molecular formula is C11H11N3O2. The molecule has 0 radical (unpaired) electrons. The molecule has 2 aromatic rings. The predicted octanol–water partition coefficient (Wildman–Crippen LogP) is 1.33. The van der Waals surface area contributed by atoms with E-state index in [0.29, 0.717) is 10.6 Å². The van der Waals surface area contributed by atoms with E-state index in [-0.39, 0.29) is 0 Å². The third-order valence-corrected chi connectivity index (χ3v) is 2.19. The SMILES string of the molecule is CN(O)C(=O)c1cccc(-n2ccnc2)c1. The zero-order valence-electron chi connectivity index (χ0n) is 8.74. The highest BCUT2D eigenvalue weighted by molar-refractivity contribution is 5.93. The maximum absolute atomic E-state index is 11.5. The van der Waals surface area contributed by atoms with Crippen LogP contribution in [0.3, 0.4) is 0 Å². The lowest BCUT2D eigenvalue weighted by molar-refractivity contribution is -0.0374. The van der Waals surface area contributed by atoms with Crippen LogP contribution in [0, 0.1) is 0 Å². The van der Waals surface area contributed by atoms with Crippen LogP contribution in [0.2, 0.25) is 0 Å². The van der Waals surface area contributed by atoms with Crippen molar-refractivity contribution in [2.45, 2.75) is 0 Å². The quantitative estimate of drug-likeness (QED) is 0.610. The molecule has 0 aliphatic carbocycles. The molecule has 0 bridgehead atoms. The van der Waals surface area contributed by atoms with Crippen molar-refractivity contribution in [2.24, 2.45) is 0 Å². The third kappa shape index (κ3) is 1.94. The molecule has 1 heterocycles. The van der Waals surface area contributed by atoms with Crippen LogP contribution in [0.25, 0.3) is 5.69 Å². The second-order valence-electron chi connectivity index (χ2n) is 3.35. The van der Waals surface area contributed by atoms with Crippen molar-refractivity contribution >= 4 is 5.91 Å². The molecule has 0 aliphatic rings. The Hall–Kier alpha value is -2.14. The number of imidazole rings is 1. The number of nitrogens with zero attached hydrogens (tertiary/aromatic N) is 3. The van der Waals surface area contributed by atoms with Gasteiger partial charge in [0.15, 0.2) is 0 Å². The number of rotatable bonds is 2. The molecule has 16 heavy (non-hydrogen) atoms. The molecule has 1 aromatic carbocycles. The van der Waals surface area contributed by atoms with Crippen LogP contribution in [0.4, 0.5) is 0 Å². The van der Waals surface area contributed by atoms with E-state index in [9.17, 15) is 4.79 Å². The van der Waals surface area contributed by atoms with Gasteiger partial charge in [0.2, 0.25) is 0 Å². The summed E-state index contributed by atoms with van der Waals surface area (Å²) in [5.74, 6) is -0.443. The van der Waals surface area contributed by atoms with Gasteiger partial charge >= 0.3 is 0 Å². The highest BCUT2D eigenvalue weighted by atomic mass is 16.5. The van der Waals surface area contributed by atoms with E-state index < -0.39 is 5.91 Å². The van der Waals surface area contributed by atoms with Crippen LogP contribution < -0.4 is 0 Å². The minimum Gasteiger partial charge on any atom is -0.306 e. The molecule has 0 saturated carbocycles. The Balaban J connectivity index is 2.37. The molecule has 0 unspecified atom stereocenters. The van der Waals surface area contributed by atoms with Crippen molar-refractivity contribution < 1.29 is 10.0 Å². The summed E-state index contributed by atoms with van der Waals surface area (Å²) in [6, 6.07) is 6.95. The van der Waals surface area contributed by atoms with E-state index >= 15 is 0 Å². The number of hydrogen-bond donors (Lipinski definition) is 1. The summed E-state index contributed by atoms with van der Waals surface area (Å²) in [4.78, 5) is 15.4. The van der Waals surface area contributed by atoms with Gasteiger partial charge in [-0.15, -0.1) is 0 Å². The third-order valence-electron chi connectivity index (χ3n) is 2.19. The number of carbonyl (C=O) groups is 1. The van der Waals surface area contributed by atoms with Gasteiger partial charge in [-0.2, -0.15) is 0 Å². The Kier molecular flexibility index (Phi) is 2.70. The van der Waals surface area contributed by atoms with Gasteiger partial charge in [0.1, 0.15) is 0 Å². The highest BCUT2D eigenvalue weighted by Crippen LogP contribution is 2.11. The first kappa shape index (κ1) is 10.4. The summed E-state index contributed by atoms with van der Waals surface area (Å²) in [7, 11) is 1.30.